The zero-order chi connectivity index (χ0) is 27.0. The molecule has 3 aliphatic heterocycles. The molecule has 5 heterocycles. The van der Waals surface area contributed by atoms with Crippen LogP contribution >= 0.6 is 0 Å². The fourth-order valence-corrected chi connectivity index (χ4v) is 6.64. The molecule has 0 amide bonds. The van der Waals surface area contributed by atoms with Crippen LogP contribution in [0.15, 0.2) is 48.8 Å². The van der Waals surface area contributed by atoms with Crippen molar-refractivity contribution in [1.29, 1.82) is 0 Å². The molecule has 0 atom stereocenters. The summed E-state index contributed by atoms with van der Waals surface area (Å²) in [6.07, 6.45) is 4.79. The molecule has 0 spiro atoms. The minimum absolute atomic E-state index is 0.144. The van der Waals surface area contributed by atoms with Gasteiger partial charge in [-0.05, 0) is 66.9 Å². The number of piperazine rings is 1. The Hall–Kier alpha value is -3.00. The number of nitrogens with zero attached hydrogens (tertiary/aromatic N) is 6. The third-order valence-electron chi connectivity index (χ3n) is 8.87. The molecule has 1 aromatic carbocycles. The first-order chi connectivity index (χ1) is 18.9. The van der Waals surface area contributed by atoms with Crippen molar-refractivity contribution in [2.24, 2.45) is 0 Å². The third kappa shape index (κ3) is 5.67. The highest BCUT2D eigenvalue weighted by molar-refractivity contribution is 5.64. The van der Waals surface area contributed by atoms with Crippen LogP contribution in [0.1, 0.15) is 41.7 Å². The van der Waals surface area contributed by atoms with Crippen LogP contribution in [-0.4, -0.2) is 84.1 Å². The van der Waals surface area contributed by atoms with E-state index in [0.717, 1.165) is 63.0 Å². The number of aromatic nitrogens is 2. The number of hydrogen-bond donors (Lipinski definition) is 1. The Morgan fingerprint density at radius 3 is 2.51 bits per heavy atom. The van der Waals surface area contributed by atoms with Gasteiger partial charge in [0.1, 0.15) is 11.6 Å². The summed E-state index contributed by atoms with van der Waals surface area (Å²) in [5, 5.41) is 3.70. The molecule has 2 aromatic heterocycles. The van der Waals surface area contributed by atoms with E-state index in [0.29, 0.717) is 0 Å². The fourth-order valence-electron chi connectivity index (χ4n) is 6.64. The fraction of sp³-hybridized carbons (Fsp3) is 0.500. The Morgan fingerprint density at radius 2 is 1.69 bits per heavy atom. The zero-order valence-electron chi connectivity index (χ0n) is 24.1. The number of pyridine rings is 2. The van der Waals surface area contributed by atoms with Crippen molar-refractivity contribution in [2.45, 2.75) is 45.7 Å². The molecule has 7 nitrogen and oxygen atoms in total. The maximum absolute atomic E-state index is 4.78. The van der Waals surface area contributed by atoms with Crippen LogP contribution in [0.5, 0.6) is 0 Å². The summed E-state index contributed by atoms with van der Waals surface area (Å²) in [5.41, 5.74) is 8.08. The van der Waals surface area contributed by atoms with Crippen molar-refractivity contribution in [3.63, 3.8) is 0 Å². The Balaban J connectivity index is 1.16. The number of hydrogen-bond acceptors (Lipinski definition) is 7. The van der Waals surface area contributed by atoms with E-state index in [1.54, 1.807) is 0 Å². The number of aryl methyl sites for hydroxylation is 1. The molecule has 3 aliphatic rings. The van der Waals surface area contributed by atoms with Crippen molar-refractivity contribution in [1.82, 2.24) is 24.7 Å². The highest BCUT2D eigenvalue weighted by Crippen LogP contribution is 2.36. The lowest BCUT2D eigenvalue weighted by Gasteiger charge is -2.41. The van der Waals surface area contributed by atoms with Gasteiger partial charge in [0.15, 0.2) is 0 Å². The van der Waals surface area contributed by atoms with Crippen LogP contribution in [0.3, 0.4) is 0 Å². The summed E-state index contributed by atoms with van der Waals surface area (Å²) in [6, 6.07) is 13.3. The molecule has 0 bridgehead atoms. The SMILES string of the molecule is Cc1cccnc1N1CCc2c(ccnc2Nc2ccc3c(c2)CN(CCN2CCN(C)CC2)CC3(C)C)C1. The van der Waals surface area contributed by atoms with E-state index >= 15 is 0 Å². The van der Waals surface area contributed by atoms with Crippen LogP contribution in [0.25, 0.3) is 0 Å². The van der Waals surface area contributed by atoms with E-state index < -0.39 is 0 Å². The van der Waals surface area contributed by atoms with E-state index in [9.17, 15) is 0 Å². The maximum Gasteiger partial charge on any atom is 0.133 e. The molecule has 0 aliphatic carbocycles. The van der Waals surface area contributed by atoms with Crippen LogP contribution < -0.4 is 10.2 Å². The van der Waals surface area contributed by atoms with Gasteiger partial charge < -0.3 is 15.1 Å². The smallest absolute Gasteiger partial charge is 0.133 e. The van der Waals surface area contributed by atoms with Crippen molar-refractivity contribution < 1.29 is 0 Å². The van der Waals surface area contributed by atoms with Crippen molar-refractivity contribution in [2.75, 3.05) is 69.6 Å². The molecule has 0 unspecified atom stereocenters. The highest BCUT2D eigenvalue weighted by Gasteiger charge is 2.32. The van der Waals surface area contributed by atoms with Gasteiger partial charge in [-0.1, -0.05) is 26.0 Å². The summed E-state index contributed by atoms with van der Waals surface area (Å²) in [7, 11) is 2.23. The minimum atomic E-state index is 0.144. The van der Waals surface area contributed by atoms with Gasteiger partial charge in [-0.15, -0.1) is 0 Å². The Bertz CT molecular complexity index is 1310. The molecular weight excluding hydrogens is 482 g/mol. The van der Waals surface area contributed by atoms with Gasteiger partial charge in [-0.3, -0.25) is 9.80 Å². The average Bonchev–Trinajstić information content (AvgIpc) is 2.92. The third-order valence-corrected chi connectivity index (χ3v) is 8.87. The van der Waals surface area contributed by atoms with Gasteiger partial charge in [-0.2, -0.15) is 0 Å². The summed E-state index contributed by atoms with van der Waals surface area (Å²) in [5.74, 6) is 2.08. The van der Waals surface area contributed by atoms with E-state index in [4.69, 9.17) is 4.98 Å². The Morgan fingerprint density at radius 1 is 0.872 bits per heavy atom. The van der Waals surface area contributed by atoms with E-state index in [1.165, 1.54) is 54.0 Å². The van der Waals surface area contributed by atoms with Crippen molar-refractivity contribution in [3.8, 4) is 0 Å². The first kappa shape index (κ1) is 26.2. The molecule has 39 heavy (non-hydrogen) atoms. The predicted octanol–water partition coefficient (Wildman–Crippen LogP) is 4.43. The molecule has 6 rings (SSSR count). The Kier molecular flexibility index (Phi) is 7.31. The number of nitrogens with one attached hydrogen (secondary N) is 1. The second-order valence-electron chi connectivity index (χ2n) is 12.3. The largest absolute Gasteiger partial charge is 0.352 e. The minimum Gasteiger partial charge on any atom is -0.352 e. The summed E-state index contributed by atoms with van der Waals surface area (Å²) >= 11 is 0. The Labute approximate surface area is 233 Å². The zero-order valence-corrected chi connectivity index (χ0v) is 24.1. The number of likely N-dealkylation sites (N-methyl/N-ethyl adjacent to an activating group) is 1. The van der Waals surface area contributed by atoms with Gasteiger partial charge in [0.25, 0.3) is 0 Å². The van der Waals surface area contributed by atoms with Crippen LogP contribution in [0, 0.1) is 6.92 Å². The van der Waals surface area contributed by atoms with Gasteiger partial charge in [0.05, 0.1) is 0 Å². The van der Waals surface area contributed by atoms with E-state index in [1.807, 2.05) is 18.5 Å². The van der Waals surface area contributed by atoms with Crippen molar-refractivity contribution in [3.05, 3.63) is 76.6 Å². The van der Waals surface area contributed by atoms with Crippen molar-refractivity contribution >= 4 is 17.3 Å². The van der Waals surface area contributed by atoms with Gasteiger partial charge >= 0.3 is 0 Å². The second kappa shape index (κ2) is 10.9. The van der Waals surface area contributed by atoms with Gasteiger partial charge in [0, 0.05) is 94.5 Å². The summed E-state index contributed by atoms with van der Waals surface area (Å²) in [6.45, 7) is 17.9. The summed E-state index contributed by atoms with van der Waals surface area (Å²) < 4.78 is 0. The number of rotatable bonds is 6. The second-order valence-corrected chi connectivity index (χ2v) is 12.3. The number of anilines is 3. The topological polar surface area (TPSA) is 50.8 Å². The van der Waals surface area contributed by atoms with E-state index in [2.05, 4.69) is 88.1 Å². The van der Waals surface area contributed by atoms with Gasteiger partial charge in [0.2, 0.25) is 0 Å². The first-order valence-electron chi connectivity index (χ1n) is 14.5. The lowest BCUT2D eigenvalue weighted by molar-refractivity contribution is 0.120. The number of benzene rings is 1. The first-order valence-corrected chi connectivity index (χ1v) is 14.5. The molecule has 0 saturated carbocycles. The monoisotopic (exact) mass is 525 g/mol. The highest BCUT2D eigenvalue weighted by atomic mass is 15.3. The average molecular weight is 526 g/mol. The normalized spacial score (nSPS) is 19.9. The molecule has 3 aromatic rings. The molecule has 1 fully saturated rings. The quantitative estimate of drug-likeness (QED) is 0.511. The predicted molar refractivity (Wildman–Crippen MR) is 160 cm³/mol. The standard InChI is InChI=1S/C32H43N7/c1-24-6-5-11-34-31(24)39-13-10-28-25(22-39)9-12-33-30(28)35-27-7-8-29-26(20-27)21-38(23-32(29,2)3)19-18-37-16-14-36(4)15-17-37/h5-9,11-12,20H,10,13-19,21-23H2,1-4H3,(H,33,35). The molecule has 7 heteroatoms. The molecular formula is C32H43N7. The lowest BCUT2D eigenvalue weighted by Crippen LogP contribution is -2.49. The molecule has 1 N–H and O–H groups in total. The van der Waals surface area contributed by atoms with Gasteiger partial charge in [-0.25, -0.2) is 9.97 Å². The van der Waals surface area contributed by atoms with Crippen LogP contribution in [-0.2, 0) is 24.9 Å². The van der Waals surface area contributed by atoms with Crippen LogP contribution in [0.2, 0.25) is 0 Å². The number of fused-ring (bicyclic) bond motifs is 2. The molecule has 1 saturated heterocycles. The summed E-state index contributed by atoms with van der Waals surface area (Å²) in [4.78, 5) is 19.5. The van der Waals surface area contributed by atoms with E-state index in [-0.39, 0.29) is 5.41 Å². The lowest BCUT2D eigenvalue weighted by atomic mass is 9.78. The maximum atomic E-state index is 4.78. The molecule has 0 radical (unpaired) electrons. The molecule has 206 valence electrons. The van der Waals surface area contributed by atoms with Crippen LogP contribution in [0.4, 0.5) is 17.3 Å².